The zero-order chi connectivity index (χ0) is 19.1. The highest BCUT2D eigenvalue weighted by Gasteiger charge is 2.14. The maximum Gasteiger partial charge on any atom is 0.224 e. The number of ether oxygens (including phenoxy) is 4. The van der Waals surface area contributed by atoms with Gasteiger partial charge in [-0.05, 0) is 40.0 Å². The third kappa shape index (κ3) is 4.82. The topological polar surface area (TPSA) is 66.0 Å². The number of amides is 1. The van der Waals surface area contributed by atoms with Gasteiger partial charge in [0.05, 0.1) is 32.9 Å². The molecule has 0 spiro atoms. The van der Waals surface area contributed by atoms with Crippen LogP contribution in [0.1, 0.15) is 12.0 Å². The molecule has 0 atom stereocenters. The maximum absolute atomic E-state index is 12.3. The summed E-state index contributed by atoms with van der Waals surface area (Å²) in [6.07, 6.45) is 0.953. The third-order valence-electron chi connectivity index (χ3n) is 3.81. The second kappa shape index (κ2) is 9.33. The second-order valence-electron chi connectivity index (χ2n) is 5.43. The first-order chi connectivity index (χ1) is 12.5. The number of nitrogens with one attached hydrogen (secondary N) is 1. The standard InChI is InChI=1S/C19H22BrNO5/c1-23-15-7-5-12(9-14(15)20)6-8-18(22)21-13-10-16(24-2)19(26-4)17(11-13)25-3/h5,7,9-11H,6,8H2,1-4H3,(H,21,22). The Morgan fingerprint density at radius 2 is 1.54 bits per heavy atom. The number of benzene rings is 2. The fourth-order valence-corrected chi connectivity index (χ4v) is 3.09. The van der Waals surface area contributed by atoms with Crippen LogP contribution in [0.15, 0.2) is 34.8 Å². The molecular weight excluding hydrogens is 402 g/mol. The average Bonchev–Trinajstić information content (AvgIpc) is 2.65. The molecule has 7 heteroatoms. The van der Waals surface area contributed by atoms with Gasteiger partial charge in [-0.1, -0.05) is 6.07 Å². The van der Waals surface area contributed by atoms with E-state index in [4.69, 9.17) is 18.9 Å². The molecule has 2 aromatic carbocycles. The van der Waals surface area contributed by atoms with Gasteiger partial charge >= 0.3 is 0 Å². The molecule has 0 aliphatic rings. The zero-order valence-corrected chi connectivity index (χ0v) is 16.8. The SMILES string of the molecule is COc1ccc(CCC(=O)Nc2cc(OC)c(OC)c(OC)c2)cc1Br. The van der Waals surface area contributed by atoms with E-state index >= 15 is 0 Å². The van der Waals surface area contributed by atoms with E-state index in [9.17, 15) is 4.79 Å². The van der Waals surface area contributed by atoms with Gasteiger partial charge in [0.1, 0.15) is 5.75 Å². The molecule has 0 unspecified atom stereocenters. The van der Waals surface area contributed by atoms with Crippen LogP contribution in [0, 0.1) is 0 Å². The second-order valence-corrected chi connectivity index (χ2v) is 6.29. The predicted octanol–water partition coefficient (Wildman–Crippen LogP) is 4.05. The monoisotopic (exact) mass is 423 g/mol. The van der Waals surface area contributed by atoms with Crippen molar-refractivity contribution in [2.45, 2.75) is 12.8 Å². The van der Waals surface area contributed by atoms with E-state index in [1.807, 2.05) is 18.2 Å². The van der Waals surface area contributed by atoms with Crippen LogP contribution in [-0.2, 0) is 11.2 Å². The summed E-state index contributed by atoms with van der Waals surface area (Å²) in [5.74, 6) is 2.11. The highest BCUT2D eigenvalue weighted by atomic mass is 79.9. The molecule has 0 fully saturated rings. The number of halogens is 1. The third-order valence-corrected chi connectivity index (χ3v) is 4.43. The van der Waals surface area contributed by atoms with Crippen molar-refractivity contribution in [3.63, 3.8) is 0 Å². The molecule has 0 aliphatic heterocycles. The minimum Gasteiger partial charge on any atom is -0.496 e. The lowest BCUT2D eigenvalue weighted by atomic mass is 10.1. The maximum atomic E-state index is 12.3. The van der Waals surface area contributed by atoms with E-state index < -0.39 is 0 Å². The number of carbonyl (C=O) groups is 1. The van der Waals surface area contributed by atoms with Crippen LogP contribution >= 0.6 is 15.9 Å². The molecule has 2 aromatic rings. The van der Waals surface area contributed by atoms with Gasteiger partial charge in [0, 0.05) is 24.2 Å². The van der Waals surface area contributed by atoms with E-state index in [2.05, 4.69) is 21.2 Å². The van der Waals surface area contributed by atoms with Crippen molar-refractivity contribution in [2.75, 3.05) is 33.8 Å². The van der Waals surface area contributed by atoms with Crippen LogP contribution < -0.4 is 24.3 Å². The molecule has 0 aromatic heterocycles. The lowest BCUT2D eigenvalue weighted by Crippen LogP contribution is -2.12. The molecule has 1 amide bonds. The Hall–Kier alpha value is -2.41. The predicted molar refractivity (Wildman–Crippen MR) is 104 cm³/mol. The van der Waals surface area contributed by atoms with E-state index in [1.54, 1.807) is 19.2 Å². The Morgan fingerprint density at radius 1 is 0.923 bits per heavy atom. The van der Waals surface area contributed by atoms with Gasteiger partial charge in [0.2, 0.25) is 11.7 Å². The number of methoxy groups -OCH3 is 4. The van der Waals surface area contributed by atoms with Gasteiger partial charge in [-0.15, -0.1) is 0 Å². The number of hydrogen-bond donors (Lipinski definition) is 1. The Morgan fingerprint density at radius 3 is 2.04 bits per heavy atom. The molecule has 6 nitrogen and oxygen atoms in total. The zero-order valence-electron chi connectivity index (χ0n) is 15.2. The van der Waals surface area contributed by atoms with Crippen molar-refractivity contribution >= 4 is 27.5 Å². The first kappa shape index (κ1) is 19.9. The van der Waals surface area contributed by atoms with Crippen LogP contribution in [0.25, 0.3) is 0 Å². The van der Waals surface area contributed by atoms with E-state index in [1.165, 1.54) is 21.3 Å². The molecule has 2 rings (SSSR count). The van der Waals surface area contributed by atoms with Gasteiger partial charge in [0.15, 0.2) is 11.5 Å². The normalized spacial score (nSPS) is 10.2. The summed E-state index contributed by atoms with van der Waals surface area (Å²) >= 11 is 3.45. The van der Waals surface area contributed by atoms with Gasteiger partial charge in [0.25, 0.3) is 0 Å². The fraction of sp³-hybridized carbons (Fsp3) is 0.316. The van der Waals surface area contributed by atoms with Gasteiger partial charge in [-0.25, -0.2) is 0 Å². The molecule has 0 saturated heterocycles. The van der Waals surface area contributed by atoms with Crippen molar-refractivity contribution in [3.8, 4) is 23.0 Å². The quantitative estimate of drug-likeness (QED) is 0.693. The molecular formula is C19H22BrNO5. The van der Waals surface area contributed by atoms with Crippen LogP contribution in [0.5, 0.6) is 23.0 Å². The first-order valence-electron chi connectivity index (χ1n) is 7.94. The number of hydrogen-bond acceptors (Lipinski definition) is 5. The van der Waals surface area contributed by atoms with Crippen molar-refractivity contribution in [3.05, 3.63) is 40.4 Å². The van der Waals surface area contributed by atoms with E-state index in [0.717, 1.165) is 15.8 Å². The van der Waals surface area contributed by atoms with Crippen molar-refractivity contribution in [1.29, 1.82) is 0 Å². The summed E-state index contributed by atoms with van der Waals surface area (Å²) in [7, 11) is 6.21. The summed E-state index contributed by atoms with van der Waals surface area (Å²) in [5, 5.41) is 2.86. The Bertz CT molecular complexity index is 754. The lowest BCUT2D eigenvalue weighted by molar-refractivity contribution is -0.116. The summed E-state index contributed by atoms with van der Waals surface area (Å²) in [6, 6.07) is 9.16. The summed E-state index contributed by atoms with van der Waals surface area (Å²) in [6.45, 7) is 0. The number of aryl methyl sites for hydroxylation is 1. The number of anilines is 1. The average molecular weight is 424 g/mol. The molecule has 0 radical (unpaired) electrons. The van der Waals surface area contributed by atoms with Crippen molar-refractivity contribution in [2.24, 2.45) is 0 Å². The molecule has 26 heavy (non-hydrogen) atoms. The Labute approximate surface area is 161 Å². The Balaban J connectivity index is 2.04. The summed E-state index contributed by atoms with van der Waals surface area (Å²) in [4.78, 5) is 12.3. The molecule has 0 bridgehead atoms. The highest BCUT2D eigenvalue weighted by molar-refractivity contribution is 9.10. The first-order valence-corrected chi connectivity index (χ1v) is 8.74. The smallest absolute Gasteiger partial charge is 0.224 e. The fourth-order valence-electron chi connectivity index (χ4n) is 2.50. The van der Waals surface area contributed by atoms with E-state index in [0.29, 0.717) is 35.8 Å². The lowest BCUT2D eigenvalue weighted by Gasteiger charge is -2.14. The molecule has 0 aliphatic carbocycles. The Kier molecular flexibility index (Phi) is 7.15. The van der Waals surface area contributed by atoms with Gasteiger partial charge in [-0.3, -0.25) is 4.79 Å². The molecule has 1 N–H and O–H groups in total. The van der Waals surface area contributed by atoms with Crippen LogP contribution in [-0.4, -0.2) is 34.3 Å². The van der Waals surface area contributed by atoms with Crippen molar-refractivity contribution in [1.82, 2.24) is 0 Å². The van der Waals surface area contributed by atoms with Crippen LogP contribution in [0.4, 0.5) is 5.69 Å². The summed E-state index contributed by atoms with van der Waals surface area (Å²) < 4.78 is 21.9. The van der Waals surface area contributed by atoms with Gasteiger partial charge < -0.3 is 24.3 Å². The molecule has 140 valence electrons. The minimum absolute atomic E-state index is 0.105. The van der Waals surface area contributed by atoms with Gasteiger partial charge in [-0.2, -0.15) is 0 Å². The minimum atomic E-state index is -0.105. The van der Waals surface area contributed by atoms with Crippen LogP contribution in [0.2, 0.25) is 0 Å². The molecule has 0 heterocycles. The van der Waals surface area contributed by atoms with Crippen LogP contribution in [0.3, 0.4) is 0 Å². The number of rotatable bonds is 8. The van der Waals surface area contributed by atoms with Crippen molar-refractivity contribution < 1.29 is 23.7 Å². The number of carbonyl (C=O) groups excluding carboxylic acids is 1. The molecule has 0 saturated carbocycles. The largest absolute Gasteiger partial charge is 0.496 e. The summed E-state index contributed by atoms with van der Waals surface area (Å²) in [5.41, 5.74) is 1.62. The highest BCUT2D eigenvalue weighted by Crippen LogP contribution is 2.40. The van der Waals surface area contributed by atoms with E-state index in [-0.39, 0.29) is 5.91 Å².